The lowest BCUT2D eigenvalue weighted by molar-refractivity contribution is -0.385. The Labute approximate surface area is 114 Å². The zero-order valence-corrected chi connectivity index (χ0v) is 10.7. The van der Waals surface area contributed by atoms with Crippen LogP contribution in [0.4, 0.5) is 10.1 Å². The van der Waals surface area contributed by atoms with Crippen LogP contribution in [0.15, 0.2) is 30.6 Å². The van der Waals surface area contributed by atoms with E-state index in [1.165, 1.54) is 12.1 Å². The van der Waals surface area contributed by atoms with Crippen molar-refractivity contribution >= 4 is 5.69 Å². The molecule has 0 saturated heterocycles. The quantitative estimate of drug-likeness (QED) is 0.471. The summed E-state index contributed by atoms with van der Waals surface area (Å²) in [7, 11) is 0. The minimum atomic E-state index is -0.508. The average molecular weight is 279 g/mol. The summed E-state index contributed by atoms with van der Waals surface area (Å²) in [6.07, 6.45) is 4.16. The van der Waals surface area contributed by atoms with Crippen molar-refractivity contribution in [3.63, 3.8) is 0 Å². The molecule has 8 heteroatoms. The summed E-state index contributed by atoms with van der Waals surface area (Å²) in [5, 5.41) is 21.4. The molecule has 1 aromatic heterocycles. The fourth-order valence-corrected chi connectivity index (χ4v) is 1.81. The number of rotatable bonds is 7. The number of nitro benzene ring substituents is 1. The van der Waals surface area contributed by atoms with Crippen LogP contribution in [-0.4, -0.2) is 26.5 Å². The van der Waals surface area contributed by atoms with Crippen molar-refractivity contribution in [2.24, 2.45) is 0 Å². The van der Waals surface area contributed by atoms with Crippen molar-refractivity contribution in [3.05, 3.63) is 52.1 Å². The highest BCUT2D eigenvalue weighted by molar-refractivity contribution is 5.40. The van der Waals surface area contributed by atoms with Gasteiger partial charge < -0.3 is 5.32 Å². The van der Waals surface area contributed by atoms with Gasteiger partial charge in [-0.3, -0.25) is 14.8 Å². The first-order chi connectivity index (χ1) is 9.66. The standard InChI is InChI=1S/C12H14FN5O2/c13-11-2-3-12(18(19)20)10(8-11)9-14-4-1-6-17-7-5-15-16-17/h2-3,5,7-8,14H,1,4,6,9H2. The molecule has 0 aliphatic carbocycles. The second-order valence-electron chi connectivity index (χ2n) is 4.23. The Morgan fingerprint density at radius 2 is 2.30 bits per heavy atom. The van der Waals surface area contributed by atoms with Crippen LogP contribution in [0, 0.1) is 15.9 Å². The summed E-state index contributed by atoms with van der Waals surface area (Å²) in [6.45, 7) is 1.61. The number of nitrogens with one attached hydrogen (secondary N) is 1. The van der Waals surface area contributed by atoms with Gasteiger partial charge in [0.1, 0.15) is 5.82 Å². The number of benzene rings is 1. The predicted octanol–water partition coefficient (Wildman–Crippen LogP) is 1.51. The average Bonchev–Trinajstić information content (AvgIpc) is 2.91. The Morgan fingerprint density at radius 1 is 1.45 bits per heavy atom. The Bertz CT molecular complexity index is 573. The third-order valence-corrected chi connectivity index (χ3v) is 2.77. The molecule has 1 heterocycles. The maximum atomic E-state index is 13.1. The highest BCUT2D eigenvalue weighted by atomic mass is 19.1. The third-order valence-electron chi connectivity index (χ3n) is 2.77. The van der Waals surface area contributed by atoms with Crippen molar-refractivity contribution in [3.8, 4) is 0 Å². The second-order valence-corrected chi connectivity index (χ2v) is 4.23. The van der Waals surface area contributed by atoms with Crippen LogP contribution in [0.1, 0.15) is 12.0 Å². The molecule has 0 aliphatic rings. The zero-order valence-electron chi connectivity index (χ0n) is 10.7. The van der Waals surface area contributed by atoms with Gasteiger partial charge in [0, 0.05) is 30.9 Å². The third kappa shape index (κ3) is 3.82. The number of nitrogens with zero attached hydrogens (tertiary/aromatic N) is 4. The number of hydrogen-bond acceptors (Lipinski definition) is 5. The van der Waals surface area contributed by atoms with Gasteiger partial charge in [0.15, 0.2) is 0 Å². The molecule has 0 aliphatic heterocycles. The molecule has 2 aromatic rings. The first-order valence-corrected chi connectivity index (χ1v) is 6.14. The van der Waals surface area contributed by atoms with Gasteiger partial charge in [-0.25, -0.2) is 4.39 Å². The van der Waals surface area contributed by atoms with E-state index in [9.17, 15) is 14.5 Å². The van der Waals surface area contributed by atoms with E-state index in [4.69, 9.17) is 0 Å². The summed E-state index contributed by atoms with van der Waals surface area (Å²) < 4.78 is 14.8. The van der Waals surface area contributed by atoms with Crippen molar-refractivity contribution in [1.29, 1.82) is 0 Å². The van der Waals surface area contributed by atoms with Gasteiger partial charge >= 0.3 is 0 Å². The Hall–Kier alpha value is -2.35. The van der Waals surface area contributed by atoms with E-state index in [0.29, 0.717) is 18.7 Å². The van der Waals surface area contributed by atoms with Gasteiger partial charge in [-0.15, -0.1) is 5.10 Å². The van der Waals surface area contributed by atoms with Crippen LogP contribution in [0.3, 0.4) is 0 Å². The molecule has 7 nitrogen and oxygen atoms in total. The molecule has 0 bridgehead atoms. The zero-order chi connectivity index (χ0) is 14.4. The fourth-order valence-electron chi connectivity index (χ4n) is 1.81. The van der Waals surface area contributed by atoms with Gasteiger partial charge in [-0.2, -0.15) is 0 Å². The molecule has 0 atom stereocenters. The van der Waals surface area contributed by atoms with E-state index >= 15 is 0 Å². The van der Waals surface area contributed by atoms with Crippen LogP contribution in [0.2, 0.25) is 0 Å². The molecule has 0 saturated carbocycles. The van der Waals surface area contributed by atoms with Gasteiger partial charge in [-0.05, 0) is 25.1 Å². The van der Waals surface area contributed by atoms with Crippen LogP contribution in [0.5, 0.6) is 0 Å². The molecule has 1 N–H and O–H groups in total. The maximum Gasteiger partial charge on any atom is 0.274 e. The fraction of sp³-hybridized carbons (Fsp3) is 0.333. The molecule has 20 heavy (non-hydrogen) atoms. The van der Waals surface area contributed by atoms with Crippen LogP contribution >= 0.6 is 0 Å². The molecule has 0 amide bonds. The van der Waals surface area contributed by atoms with E-state index in [-0.39, 0.29) is 12.2 Å². The van der Waals surface area contributed by atoms with E-state index in [2.05, 4.69) is 15.6 Å². The molecule has 0 fully saturated rings. The van der Waals surface area contributed by atoms with Crippen LogP contribution in [-0.2, 0) is 13.1 Å². The summed E-state index contributed by atoms with van der Waals surface area (Å²) >= 11 is 0. The number of nitro groups is 1. The molecule has 106 valence electrons. The number of halogens is 1. The van der Waals surface area contributed by atoms with Crippen molar-refractivity contribution in [2.75, 3.05) is 6.54 Å². The van der Waals surface area contributed by atoms with Gasteiger partial charge in [-0.1, -0.05) is 5.21 Å². The molecular formula is C12H14FN5O2. The number of hydrogen-bond donors (Lipinski definition) is 1. The summed E-state index contributed by atoms with van der Waals surface area (Å²) in [5.41, 5.74) is 0.269. The molecular weight excluding hydrogens is 265 g/mol. The first-order valence-electron chi connectivity index (χ1n) is 6.14. The lowest BCUT2D eigenvalue weighted by Crippen LogP contribution is -2.17. The van der Waals surface area contributed by atoms with Crippen molar-refractivity contribution < 1.29 is 9.31 Å². The van der Waals surface area contributed by atoms with E-state index in [1.807, 2.05) is 0 Å². The van der Waals surface area contributed by atoms with Gasteiger partial charge in [0.25, 0.3) is 5.69 Å². The SMILES string of the molecule is O=[N+]([O-])c1ccc(F)cc1CNCCCn1ccnn1. The van der Waals surface area contributed by atoms with E-state index in [0.717, 1.165) is 12.5 Å². The predicted molar refractivity (Wildman–Crippen MR) is 69.4 cm³/mol. The van der Waals surface area contributed by atoms with Crippen molar-refractivity contribution in [2.45, 2.75) is 19.5 Å². The summed E-state index contributed by atoms with van der Waals surface area (Å²) in [6, 6.07) is 3.46. The maximum absolute atomic E-state index is 13.1. The monoisotopic (exact) mass is 279 g/mol. The lowest BCUT2D eigenvalue weighted by Gasteiger charge is -2.06. The molecule has 0 radical (unpaired) electrons. The normalized spacial score (nSPS) is 10.7. The molecule has 2 rings (SSSR count). The van der Waals surface area contributed by atoms with Crippen LogP contribution in [0.25, 0.3) is 0 Å². The number of aryl methyl sites for hydroxylation is 1. The van der Waals surface area contributed by atoms with Gasteiger partial charge in [0.05, 0.1) is 11.1 Å². The second kappa shape index (κ2) is 6.71. The minimum absolute atomic E-state index is 0.0739. The van der Waals surface area contributed by atoms with E-state index in [1.54, 1.807) is 17.1 Å². The lowest BCUT2D eigenvalue weighted by atomic mass is 10.1. The van der Waals surface area contributed by atoms with E-state index < -0.39 is 10.7 Å². The first kappa shape index (κ1) is 14.1. The molecule has 0 unspecified atom stereocenters. The smallest absolute Gasteiger partial charge is 0.274 e. The van der Waals surface area contributed by atoms with Crippen LogP contribution < -0.4 is 5.32 Å². The summed E-state index contributed by atoms with van der Waals surface area (Å²) in [5.74, 6) is -0.477. The Kier molecular flexibility index (Phi) is 4.72. The largest absolute Gasteiger partial charge is 0.312 e. The Morgan fingerprint density at radius 3 is 3.00 bits per heavy atom. The molecule has 1 aromatic carbocycles. The minimum Gasteiger partial charge on any atom is -0.312 e. The van der Waals surface area contributed by atoms with Gasteiger partial charge in [0.2, 0.25) is 0 Å². The molecule has 0 spiro atoms. The number of aromatic nitrogens is 3. The Balaban J connectivity index is 1.81. The van der Waals surface area contributed by atoms with Crippen molar-refractivity contribution in [1.82, 2.24) is 20.3 Å². The topological polar surface area (TPSA) is 85.9 Å². The highest BCUT2D eigenvalue weighted by Crippen LogP contribution is 2.19. The summed E-state index contributed by atoms with van der Waals surface area (Å²) in [4.78, 5) is 10.3. The highest BCUT2D eigenvalue weighted by Gasteiger charge is 2.13.